The van der Waals surface area contributed by atoms with Crippen LogP contribution in [0.25, 0.3) is 0 Å². The van der Waals surface area contributed by atoms with E-state index in [4.69, 9.17) is 0 Å². The molecule has 0 saturated carbocycles. The van der Waals surface area contributed by atoms with E-state index in [1.165, 1.54) is 11.8 Å². The first kappa shape index (κ1) is 16.9. The molecule has 0 amide bonds. The van der Waals surface area contributed by atoms with Crippen molar-refractivity contribution in [1.29, 1.82) is 0 Å². The zero-order valence-corrected chi connectivity index (χ0v) is 14.5. The number of pyridine rings is 1. The molecular weight excluding hydrogens is 322 g/mol. The van der Waals surface area contributed by atoms with Crippen molar-refractivity contribution in [3.05, 3.63) is 54.2 Å². The standard InChI is InChI=1S/C18H23N3O2S/c22-24(23,21-13-5-2-6-14-21)17-9-10-18(20-15-17)19-12-11-16-7-3-1-4-8-16/h1,3-4,7-10,15H,2,5-6,11-14H2,(H,19,20). The first-order chi connectivity index (χ1) is 11.7. The van der Waals surface area contributed by atoms with Crippen molar-refractivity contribution in [1.82, 2.24) is 9.29 Å². The summed E-state index contributed by atoms with van der Waals surface area (Å²) in [7, 11) is -3.40. The number of anilines is 1. The zero-order chi connectivity index (χ0) is 16.8. The topological polar surface area (TPSA) is 62.3 Å². The fraction of sp³-hybridized carbons (Fsp3) is 0.389. The van der Waals surface area contributed by atoms with Crippen molar-refractivity contribution in [2.24, 2.45) is 0 Å². The van der Waals surface area contributed by atoms with Crippen molar-refractivity contribution in [3.8, 4) is 0 Å². The van der Waals surface area contributed by atoms with E-state index in [-0.39, 0.29) is 4.90 Å². The van der Waals surface area contributed by atoms with Gasteiger partial charge in [0.25, 0.3) is 0 Å². The molecule has 0 atom stereocenters. The van der Waals surface area contributed by atoms with Gasteiger partial charge in [-0.2, -0.15) is 4.31 Å². The predicted octanol–water partition coefficient (Wildman–Crippen LogP) is 2.91. The van der Waals surface area contributed by atoms with Crippen molar-refractivity contribution < 1.29 is 8.42 Å². The quantitative estimate of drug-likeness (QED) is 0.874. The summed E-state index contributed by atoms with van der Waals surface area (Å²) >= 11 is 0. The highest BCUT2D eigenvalue weighted by Crippen LogP contribution is 2.20. The van der Waals surface area contributed by atoms with Crippen LogP contribution in [0.5, 0.6) is 0 Å². The Morgan fingerprint density at radius 2 is 1.75 bits per heavy atom. The molecule has 0 radical (unpaired) electrons. The number of rotatable bonds is 6. The second-order valence-electron chi connectivity index (χ2n) is 6.01. The number of benzene rings is 1. The highest BCUT2D eigenvalue weighted by Gasteiger charge is 2.25. The minimum atomic E-state index is -3.40. The number of nitrogens with one attached hydrogen (secondary N) is 1. The molecule has 1 fully saturated rings. The fourth-order valence-electron chi connectivity index (χ4n) is 2.87. The average molecular weight is 345 g/mol. The molecule has 1 aromatic carbocycles. The van der Waals surface area contributed by atoms with Crippen LogP contribution in [-0.4, -0.2) is 37.3 Å². The number of sulfonamides is 1. The molecule has 2 heterocycles. The monoisotopic (exact) mass is 345 g/mol. The van der Waals surface area contributed by atoms with Crippen LogP contribution >= 0.6 is 0 Å². The van der Waals surface area contributed by atoms with Crippen LogP contribution in [0.1, 0.15) is 24.8 Å². The van der Waals surface area contributed by atoms with E-state index in [2.05, 4.69) is 22.4 Å². The molecule has 6 heteroatoms. The lowest BCUT2D eigenvalue weighted by atomic mass is 10.1. The summed E-state index contributed by atoms with van der Waals surface area (Å²) in [6.07, 6.45) is 5.33. The number of piperidine rings is 1. The van der Waals surface area contributed by atoms with E-state index in [1.54, 1.807) is 16.4 Å². The maximum Gasteiger partial charge on any atom is 0.244 e. The summed E-state index contributed by atoms with van der Waals surface area (Å²) < 4.78 is 26.7. The van der Waals surface area contributed by atoms with Crippen LogP contribution in [0.2, 0.25) is 0 Å². The molecule has 128 valence electrons. The van der Waals surface area contributed by atoms with Gasteiger partial charge in [-0.05, 0) is 37.0 Å². The smallest absolute Gasteiger partial charge is 0.244 e. The summed E-state index contributed by atoms with van der Waals surface area (Å²) in [6, 6.07) is 13.6. The van der Waals surface area contributed by atoms with Crippen LogP contribution in [-0.2, 0) is 16.4 Å². The first-order valence-corrected chi connectivity index (χ1v) is 9.84. The minimum Gasteiger partial charge on any atom is -0.370 e. The lowest BCUT2D eigenvalue weighted by molar-refractivity contribution is 0.346. The molecule has 0 bridgehead atoms. The lowest BCUT2D eigenvalue weighted by Crippen LogP contribution is -2.35. The molecule has 2 aromatic rings. The molecule has 0 spiro atoms. The normalized spacial score (nSPS) is 16.0. The molecular formula is C18H23N3O2S. The van der Waals surface area contributed by atoms with Crippen molar-refractivity contribution >= 4 is 15.8 Å². The Morgan fingerprint density at radius 1 is 1.00 bits per heavy atom. The second-order valence-corrected chi connectivity index (χ2v) is 7.94. The second kappa shape index (κ2) is 7.77. The highest BCUT2D eigenvalue weighted by atomic mass is 32.2. The van der Waals surface area contributed by atoms with Gasteiger partial charge in [-0.3, -0.25) is 0 Å². The number of aromatic nitrogens is 1. The first-order valence-electron chi connectivity index (χ1n) is 8.40. The summed E-state index contributed by atoms with van der Waals surface area (Å²) in [4.78, 5) is 4.53. The SMILES string of the molecule is O=S(=O)(c1ccc(NCCc2ccccc2)nc1)N1CCCCC1. The Kier molecular flexibility index (Phi) is 5.48. The Bertz CT molecular complexity index is 740. The van der Waals surface area contributed by atoms with Crippen LogP contribution in [0.4, 0.5) is 5.82 Å². The maximum absolute atomic E-state index is 12.6. The van der Waals surface area contributed by atoms with Crippen molar-refractivity contribution in [2.75, 3.05) is 25.0 Å². The Hall–Kier alpha value is -1.92. The molecule has 1 aliphatic rings. The van der Waals surface area contributed by atoms with E-state index < -0.39 is 10.0 Å². The molecule has 0 aliphatic carbocycles. The summed E-state index contributed by atoms with van der Waals surface area (Å²) in [5.41, 5.74) is 1.26. The average Bonchev–Trinajstić information content (AvgIpc) is 2.64. The third kappa shape index (κ3) is 4.13. The molecule has 24 heavy (non-hydrogen) atoms. The maximum atomic E-state index is 12.6. The van der Waals surface area contributed by atoms with E-state index in [1.807, 2.05) is 18.2 Å². The number of hydrogen-bond acceptors (Lipinski definition) is 4. The molecule has 1 aromatic heterocycles. The zero-order valence-electron chi connectivity index (χ0n) is 13.7. The van der Waals surface area contributed by atoms with Crippen molar-refractivity contribution in [3.63, 3.8) is 0 Å². The Balaban J connectivity index is 1.58. The Morgan fingerprint density at radius 3 is 2.42 bits per heavy atom. The lowest BCUT2D eigenvalue weighted by Gasteiger charge is -2.25. The summed E-state index contributed by atoms with van der Waals surface area (Å²) in [6.45, 7) is 1.98. The molecule has 1 aliphatic heterocycles. The van der Waals surface area contributed by atoms with Gasteiger partial charge in [0, 0.05) is 25.8 Å². The van der Waals surface area contributed by atoms with Gasteiger partial charge >= 0.3 is 0 Å². The summed E-state index contributed by atoms with van der Waals surface area (Å²) in [5.74, 6) is 0.698. The third-order valence-corrected chi connectivity index (χ3v) is 6.13. The van der Waals surface area contributed by atoms with Gasteiger partial charge in [0.2, 0.25) is 10.0 Å². The summed E-state index contributed by atoms with van der Waals surface area (Å²) in [5, 5.41) is 3.23. The molecule has 5 nitrogen and oxygen atoms in total. The fourth-order valence-corrected chi connectivity index (χ4v) is 4.33. The third-order valence-electron chi connectivity index (χ3n) is 4.25. The van der Waals surface area contributed by atoms with Gasteiger partial charge in [-0.1, -0.05) is 36.8 Å². The van der Waals surface area contributed by atoms with Gasteiger partial charge in [-0.25, -0.2) is 13.4 Å². The Labute approximate surface area is 143 Å². The van der Waals surface area contributed by atoms with E-state index in [0.717, 1.165) is 32.2 Å². The number of nitrogens with zero attached hydrogens (tertiary/aromatic N) is 2. The molecule has 1 saturated heterocycles. The predicted molar refractivity (Wildman–Crippen MR) is 95.5 cm³/mol. The largest absolute Gasteiger partial charge is 0.370 e. The van der Waals surface area contributed by atoms with Crippen LogP contribution < -0.4 is 5.32 Å². The van der Waals surface area contributed by atoms with E-state index in [0.29, 0.717) is 18.9 Å². The van der Waals surface area contributed by atoms with Gasteiger partial charge in [-0.15, -0.1) is 0 Å². The van der Waals surface area contributed by atoms with Crippen molar-refractivity contribution in [2.45, 2.75) is 30.6 Å². The molecule has 0 unspecified atom stereocenters. The van der Waals surface area contributed by atoms with Crippen LogP contribution in [0.3, 0.4) is 0 Å². The number of hydrogen-bond donors (Lipinski definition) is 1. The minimum absolute atomic E-state index is 0.276. The van der Waals surface area contributed by atoms with E-state index in [9.17, 15) is 8.42 Å². The molecule has 3 rings (SSSR count). The van der Waals surface area contributed by atoms with Gasteiger partial charge in [0.15, 0.2) is 0 Å². The van der Waals surface area contributed by atoms with Gasteiger partial charge in [0.05, 0.1) is 0 Å². The van der Waals surface area contributed by atoms with E-state index >= 15 is 0 Å². The highest BCUT2D eigenvalue weighted by molar-refractivity contribution is 7.89. The van der Waals surface area contributed by atoms with Gasteiger partial charge < -0.3 is 5.32 Å². The molecule has 1 N–H and O–H groups in total. The van der Waals surface area contributed by atoms with Crippen LogP contribution in [0, 0.1) is 0 Å². The van der Waals surface area contributed by atoms with Gasteiger partial charge in [0.1, 0.15) is 10.7 Å². The van der Waals surface area contributed by atoms with Crippen LogP contribution in [0.15, 0.2) is 53.6 Å².